The summed E-state index contributed by atoms with van der Waals surface area (Å²) in [7, 11) is 0. The SMILES string of the molecule is CCOC(=O)C(=CNc1cc2c(cn1)CCCC2)C(=O)OCC. The predicted molar refractivity (Wildman–Crippen MR) is 85.9 cm³/mol. The summed E-state index contributed by atoms with van der Waals surface area (Å²) in [6, 6.07) is 1.96. The lowest BCUT2D eigenvalue weighted by atomic mass is 9.93. The van der Waals surface area contributed by atoms with Crippen molar-refractivity contribution in [1.82, 2.24) is 4.98 Å². The summed E-state index contributed by atoms with van der Waals surface area (Å²) in [5.41, 5.74) is 2.35. The number of hydrogen-bond donors (Lipinski definition) is 1. The summed E-state index contributed by atoms with van der Waals surface area (Å²) in [6.45, 7) is 3.73. The Morgan fingerprint density at radius 2 is 1.74 bits per heavy atom. The van der Waals surface area contributed by atoms with Gasteiger partial charge in [-0.1, -0.05) is 0 Å². The third-order valence-corrected chi connectivity index (χ3v) is 3.58. The number of anilines is 1. The van der Waals surface area contributed by atoms with Crippen LogP contribution in [0.3, 0.4) is 0 Å². The minimum absolute atomic E-state index is 0.173. The van der Waals surface area contributed by atoms with Crippen molar-refractivity contribution in [3.63, 3.8) is 0 Å². The molecule has 0 radical (unpaired) electrons. The van der Waals surface area contributed by atoms with Crippen molar-refractivity contribution in [2.24, 2.45) is 0 Å². The molecule has 0 fully saturated rings. The molecule has 23 heavy (non-hydrogen) atoms. The average molecular weight is 318 g/mol. The van der Waals surface area contributed by atoms with Crippen molar-refractivity contribution in [1.29, 1.82) is 0 Å². The van der Waals surface area contributed by atoms with Gasteiger partial charge in [0.15, 0.2) is 5.57 Å². The molecular weight excluding hydrogens is 296 g/mol. The van der Waals surface area contributed by atoms with Gasteiger partial charge in [0.25, 0.3) is 0 Å². The smallest absolute Gasteiger partial charge is 0.347 e. The first kappa shape index (κ1) is 17.0. The van der Waals surface area contributed by atoms with Crippen LogP contribution >= 0.6 is 0 Å². The Morgan fingerprint density at radius 1 is 1.13 bits per heavy atom. The van der Waals surface area contributed by atoms with Crippen LogP contribution in [0.2, 0.25) is 0 Å². The van der Waals surface area contributed by atoms with E-state index in [0.717, 1.165) is 12.8 Å². The molecule has 6 nitrogen and oxygen atoms in total. The molecule has 0 aromatic carbocycles. The number of ether oxygens (including phenoxy) is 2. The van der Waals surface area contributed by atoms with Crippen LogP contribution in [-0.4, -0.2) is 30.1 Å². The molecule has 1 heterocycles. The summed E-state index contributed by atoms with van der Waals surface area (Å²) < 4.78 is 9.76. The molecule has 1 aliphatic rings. The summed E-state index contributed by atoms with van der Waals surface area (Å²) in [6.07, 6.45) is 7.58. The van der Waals surface area contributed by atoms with Gasteiger partial charge >= 0.3 is 11.9 Å². The maximum atomic E-state index is 11.9. The molecule has 0 atom stereocenters. The van der Waals surface area contributed by atoms with E-state index in [-0.39, 0.29) is 18.8 Å². The van der Waals surface area contributed by atoms with Crippen LogP contribution in [0.1, 0.15) is 37.8 Å². The van der Waals surface area contributed by atoms with Gasteiger partial charge in [0.2, 0.25) is 0 Å². The Labute approximate surface area is 135 Å². The van der Waals surface area contributed by atoms with E-state index < -0.39 is 11.9 Å². The first-order valence-corrected chi connectivity index (χ1v) is 7.94. The molecule has 1 aliphatic carbocycles. The molecule has 124 valence electrons. The number of nitrogens with one attached hydrogen (secondary N) is 1. The maximum Gasteiger partial charge on any atom is 0.347 e. The lowest BCUT2D eigenvalue weighted by molar-refractivity contribution is -0.146. The molecule has 0 unspecified atom stereocenters. The normalized spacial score (nSPS) is 12.8. The van der Waals surface area contributed by atoms with Gasteiger partial charge < -0.3 is 14.8 Å². The number of carbonyl (C=O) groups is 2. The van der Waals surface area contributed by atoms with E-state index >= 15 is 0 Å². The van der Waals surface area contributed by atoms with Crippen LogP contribution < -0.4 is 5.32 Å². The Kier molecular flexibility index (Phi) is 6.14. The zero-order valence-electron chi connectivity index (χ0n) is 13.6. The van der Waals surface area contributed by atoms with Crippen molar-refractivity contribution < 1.29 is 19.1 Å². The average Bonchev–Trinajstić information content (AvgIpc) is 2.55. The minimum atomic E-state index is -0.712. The third-order valence-electron chi connectivity index (χ3n) is 3.58. The molecule has 1 aromatic rings. The monoisotopic (exact) mass is 318 g/mol. The Hall–Kier alpha value is -2.37. The Bertz CT molecular complexity index is 591. The van der Waals surface area contributed by atoms with E-state index in [2.05, 4.69) is 10.3 Å². The number of hydrogen-bond acceptors (Lipinski definition) is 6. The van der Waals surface area contributed by atoms with Crippen molar-refractivity contribution >= 4 is 17.8 Å². The van der Waals surface area contributed by atoms with E-state index in [4.69, 9.17) is 9.47 Å². The minimum Gasteiger partial charge on any atom is -0.462 e. The van der Waals surface area contributed by atoms with Crippen molar-refractivity contribution in [3.05, 3.63) is 35.2 Å². The molecule has 0 saturated heterocycles. The number of fused-ring (bicyclic) bond motifs is 1. The van der Waals surface area contributed by atoms with Gasteiger partial charge in [0.05, 0.1) is 13.2 Å². The second-order valence-electron chi connectivity index (χ2n) is 5.19. The van der Waals surface area contributed by atoms with Crippen LogP contribution in [0.5, 0.6) is 0 Å². The summed E-state index contributed by atoms with van der Waals surface area (Å²) in [4.78, 5) is 28.0. The number of aromatic nitrogens is 1. The first-order valence-electron chi connectivity index (χ1n) is 7.94. The van der Waals surface area contributed by atoms with Crippen LogP contribution in [0, 0.1) is 0 Å². The molecular formula is C17H22N2O4. The zero-order valence-corrected chi connectivity index (χ0v) is 13.6. The van der Waals surface area contributed by atoms with Crippen LogP contribution in [-0.2, 0) is 31.9 Å². The standard InChI is InChI=1S/C17H22N2O4/c1-3-22-16(20)14(17(21)23-4-2)11-19-15-9-12-7-5-6-8-13(12)10-18-15/h9-11H,3-8H2,1-2H3,(H,18,19). The second-order valence-corrected chi connectivity index (χ2v) is 5.19. The van der Waals surface area contributed by atoms with Crippen molar-refractivity contribution in [2.45, 2.75) is 39.5 Å². The lowest BCUT2D eigenvalue weighted by Crippen LogP contribution is -2.19. The summed E-state index contributed by atoms with van der Waals surface area (Å²) >= 11 is 0. The molecule has 0 aliphatic heterocycles. The molecule has 1 aromatic heterocycles. The number of esters is 2. The molecule has 1 N–H and O–H groups in total. The zero-order chi connectivity index (χ0) is 16.7. The van der Waals surface area contributed by atoms with Crippen molar-refractivity contribution in [2.75, 3.05) is 18.5 Å². The molecule has 0 spiro atoms. The van der Waals surface area contributed by atoms with E-state index in [0.29, 0.717) is 5.82 Å². The van der Waals surface area contributed by atoms with Gasteiger partial charge in [0.1, 0.15) is 5.82 Å². The first-order chi connectivity index (χ1) is 11.2. The van der Waals surface area contributed by atoms with Crippen molar-refractivity contribution in [3.8, 4) is 0 Å². The molecule has 6 heteroatoms. The maximum absolute atomic E-state index is 11.9. The third kappa shape index (κ3) is 4.55. The number of nitrogens with zero attached hydrogens (tertiary/aromatic N) is 1. The fraction of sp³-hybridized carbons (Fsp3) is 0.471. The van der Waals surface area contributed by atoms with Gasteiger partial charge in [-0.25, -0.2) is 14.6 Å². The predicted octanol–water partition coefficient (Wildman–Crippen LogP) is 2.38. The quantitative estimate of drug-likeness (QED) is 0.375. The van der Waals surface area contributed by atoms with E-state index in [1.54, 1.807) is 13.8 Å². The largest absolute Gasteiger partial charge is 0.462 e. The highest BCUT2D eigenvalue weighted by Gasteiger charge is 2.21. The van der Waals surface area contributed by atoms with E-state index in [1.807, 2.05) is 12.3 Å². The molecule has 0 bridgehead atoms. The Balaban J connectivity index is 2.15. The number of carbonyl (C=O) groups excluding carboxylic acids is 2. The fourth-order valence-corrected chi connectivity index (χ4v) is 2.46. The van der Waals surface area contributed by atoms with Gasteiger partial charge in [-0.3, -0.25) is 0 Å². The summed E-state index contributed by atoms with van der Waals surface area (Å²) in [5.74, 6) is -0.829. The highest BCUT2D eigenvalue weighted by Crippen LogP contribution is 2.22. The summed E-state index contributed by atoms with van der Waals surface area (Å²) in [5, 5.41) is 2.90. The van der Waals surface area contributed by atoms with Crippen LogP contribution in [0.25, 0.3) is 0 Å². The topological polar surface area (TPSA) is 77.5 Å². The van der Waals surface area contributed by atoms with Gasteiger partial charge in [-0.15, -0.1) is 0 Å². The Morgan fingerprint density at radius 3 is 2.35 bits per heavy atom. The van der Waals surface area contributed by atoms with Crippen LogP contribution in [0.4, 0.5) is 5.82 Å². The number of pyridine rings is 1. The van der Waals surface area contributed by atoms with Gasteiger partial charge in [-0.2, -0.15) is 0 Å². The van der Waals surface area contributed by atoms with Gasteiger partial charge in [-0.05, 0) is 56.7 Å². The fourth-order valence-electron chi connectivity index (χ4n) is 2.46. The number of rotatable bonds is 6. The van der Waals surface area contributed by atoms with E-state index in [9.17, 15) is 9.59 Å². The second kappa shape index (κ2) is 8.31. The molecule has 2 rings (SSSR count). The highest BCUT2D eigenvalue weighted by atomic mass is 16.6. The molecule has 0 amide bonds. The van der Waals surface area contributed by atoms with E-state index in [1.165, 1.54) is 30.2 Å². The highest BCUT2D eigenvalue weighted by molar-refractivity contribution is 6.14. The number of aryl methyl sites for hydroxylation is 2. The van der Waals surface area contributed by atoms with Crippen LogP contribution in [0.15, 0.2) is 24.0 Å². The van der Waals surface area contributed by atoms with Gasteiger partial charge in [0, 0.05) is 12.4 Å². The molecule has 0 saturated carbocycles. The lowest BCUT2D eigenvalue weighted by Gasteiger charge is -2.15.